The van der Waals surface area contributed by atoms with Crippen LogP contribution in [0.25, 0.3) is 55.0 Å². The Morgan fingerprint density at radius 3 is 1.77 bits per heavy atom. The Balaban J connectivity index is 1.41. The summed E-state index contributed by atoms with van der Waals surface area (Å²) in [7, 11) is 0. The molecule has 0 amide bonds. The van der Waals surface area contributed by atoms with E-state index in [1.165, 1.54) is 0 Å². The minimum absolute atomic E-state index is 0.00258. The van der Waals surface area contributed by atoms with Crippen molar-refractivity contribution in [2.45, 2.75) is 0 Å². The van der Waals surface area contributed by atoms with Gasteiger partial charge in [-0.05, 0) is 64.6 Å². The Morgan fingerprint density at radius 1 is 0.535 bits per heavy atom. The molecule has 204 valence electrons. The van der Waals surface area contributed by atoms with E-state index in [0.29, 0.717) is 11.4 Å². The van der Waals surface area contributed by atoms with E-state index >= 15 is 0 Å². The quantitative estimate of drug-likeness (QED) is 0.201. The fourth-order valence-corrected chi connectivity index (χ4v) is 5.74. The van der Waals surface area contributed by atoms with Crippen LogP contribution in [0.1, 0.15) is 11.0 Å². The number of halogens is 1. The molecule has 0 unspecified atom stereocenters. The molecule has 3 heteroatoms. The number of rotatable bonds is 5. The van der Waals surface area contributed by atoms with Crippen molar-refractivity contribution in [1.29, 1.82) is 0 Å². The van der Waals surface area contributed by atoms with E-state index in [-0.39, 0.29) is 55.5 Å². The van der Waals surface area contributed by atoms with E-state index < -0.39 is 36.3 Å². The van der Waals surface area contributed by atoms with Gasteiger partial charge in [0.2, 0.25) is 0 Å². The van der Waals surface area contributed by atoms with Gasteiger partial charge < -0.3 is 9.32 Å². The van der Waals surface area contributed by atoms with Gasteiger partial charge in [-0.1, -0.05) is 127 Å². The molecule has 1 heterocycles. The summed E-state index contributed by atoms with van der Waals surface area (Å²) in [6.45, 7) is 0. The summed E-state index contributed by atoms with van der Waals surface area (Å²) in [5.41, 5.74) is 5.34. The Labute approximate surface area is 266 Å². The Kier molecular flexibility index (Phi) is 4.47. The van der Waals surface area contributed by atoms with Crippen molar-refractivity contribution in [3.8, 4) is 22.3 Å². The molecule has 0 atom stereocenters. The van der Waals surface area contributed by atoms with Gasteiger partial charge in [0.05, 0.1) is 21.7 Å². The molecule has 8 aromatic rings. The predicted octanol–water partition coefficient (Wildman–Crippen LogP) is 12.2. The van der Waals surface area contributed by atoms with Crippen LogP contribution in [0.4, 0.5) is 17.1 Å². The lowest BCUT2D eigenvalue weighted by Gasteiger charge is -2.27. The second-order valence-corrected chi connectivity index (χ2v) is 10.5. The van der Waals surface area contributed by atoms with Crippen LogP contribution in [0, 0.1) is 0 Å². The van der Waals surface area contributed by atoms with Crippen molar-refractivity contribution in [1.82, 2.24) is 0 Å². The van der Waals surface area contributed by atoms with E-state index in [1.54, 1.807) is 4.90 Å². The molecule has 2 nitrogen and oxygen atoms in total. The van der Waals surface area contributed by atoms with Gasteiger partial charge in [-0.2, -0.15) is 0 Å². The van der Waals surface area contributed by atoms with Crippen molar-refractivity contribution in [3.05, 3.63) is 163 Å². The van der Waals surface area contributed by atoms with Crippen LogP contribution in [0.15, 0.2) is 162 Å². The zero-order chi connectivity index (χ0) is 35.7. The molecule has 0 saturated heterocycles. The number of para-hydroxylation sites is 1. The summed E-state index contributed by atoms with van der Waals surface area (Å²) in [5.74, 6) is 0. The van der Waals surface area contributed by atoms with Crippen LogP contribution in [0.2, 0.25) is 5.02 Å². The number of benzene rings is 7. The van der Waals surface area contributed by atoms with Crippen LogP contribution in [-0.2, 0) is 0 Å². The highest BCUT2D eigenvalue weighted by Crippen LogP contribution is 2.45. The lowest BCUT2D eigenvalue weighted by atomic mass is 9.99. The standard InChI is InChI=1S/C40H26ClNO/c41-36-16-9-17-38-39(36)35-26-37(33-14-7-8-15-34(33)40(35)43-38)42(31-12-5-2-6-13-31)32-24-22-30(23-25-32)29-20-18-28(19-21-29)27-10-3-1-4-11-27/h1-26H/i7D,8D,9D,14D,15D,16D,17D,26D. The number of nitrogens with zero attached hydrogens (tertiary/aromatic N) is 1. The van der Waals surface area contributed by atoms with Crippen molar-refractivity contribution >= 4 is 61.4 Å². The second kappa shape index (κ2) is 10.5. The second-order valence-electron chi connectivity index (χ2n) is 10.1. The summed E-state index contributed by atoms with van der Waals surface area (Å²) in [6, 6.07) is 32.1. The van der Waals surface area contributed by atoms with E-state index in [4.69, 9.17) is 25.6 Å². The number of hydrogen-bond acceptors (Lipinski definition) is 2. The SMILES string of the molecule is [2H]c1c([2H])c(Cl)c2c(oc3c4c([2H])c([2H])c([2H])c([2H])c4c(N(c4ccccc4)c4ccc(-c5ccc(-c6ccccc6)cc5)cc4)c([2H])c32)c1[2H]. The molecule has 43 heavy (non-hydrogen) atoms. The van der Waals surface area contributed by atoms with Crippen molar-refractivity contribution in [3.63, 3.8) is 0 Å². The highest BCUT2D eigenvalue weighted by Gasteiger charge is 2.21. The van der Waals surface area contributed by atoms with Crippen LogP contribution in [-0.4, -0.2) is 0 Å². The zero-order valence-corrected chi connectivity index (χ0v) is 23.4. The van der Waals surface area contributed by atoms with Crippen LogP contribution in [0.5, 0.6) is 0 Å². The number of hydrogen-bond donors (Lipinski definition) is 0. The lowest BCUT2D eigenvalue weighted by Crippen LogP contribution is -2.10. The highest BCUT2D eigenvalue weighted by atomic mass is 35.5. The first-order chi connectivity index (χ1) is 24.6. The van der Waals surface area contributed by atoms with Gasteiger partial charge >= 0.3 is 0 Å². The maximum atomic E-state index is 9.72. The fraction of sp³-hybridized carbons (Fsp3) is 0. The van der Waals surface area contributed by atoms with Crippen LogP contribution in [0.3, 0.4) is 0 Å². The first-order valence-electron chi connectivity index (χ1n) is 17.7. The molecule has 0 aliphatic rings. The highest BCUT2D eigenvalue weighted by molar-refractivity contribution is 6.38. The molecule has 0 aliphatic heterocycles. The molecule has 0 radical (unpaired) electrons. The smallest absolute Gasteiger partial charge is 0.143 e. The maximum absolute atomic E-state index is 9.72. The van der Waals surface area contributed by atoms with Crippen LogP contribution < -0.4 is 4.90 Å². The van der Waals surface area contributed by atoms with Crippen molar-refractivity contribution < 1.29 is 15.4 Å². The van der Waals surface area contributed by atoms with Gasteiger partial charge in [-0.3, -0.25) is 0 Å². The third-order valence-corrected chi connectivity index (χ3v) is 7.84. The molecular weight excluding hydrogens is 546 g/mol. The molecule has 0 N–H and O–H groups in total. The molecule has 0 bridgehead atoms. The van der Waals surface area contributed by atoms with Crippen molar-refractivity contribution in [2.24, 2.45) is 0 Å². The average molecular weight is 580 g/mol. The minimum atomic E-state index is -0.494. The summed E-state index contributed by atoms with van der Waals surface area (Å²) in [4.78, 5) is 1.77. The molecule has 0 aliphatic carbocycles. The van der Waals surface area contributed by atoms with E-state index in [1.807, 2.05) is 72.8 Å². The molecule has 8 rings (SSSR count). The van der Waals surface area contributed by atoms with Gasteiger partial charge in [-0.25, -0.2) is 0 Å². The number of anilines is 3. The summed E-state index contributed by atoms with van der Waals surface area (Å²) < 4.78 is 76.4. The molecular formula is C40H26ClNO. The summed E-state index contributed by atoms with van der Waals surface area (Å²) >= 11 is 6.66. The lowest BCUT2D eigenvalue weighted by molar-refractivity contribution is 0.672. The Morgan fingerprint density at radius 2 is 1.09 bits per heavy atom. The van der Waals surface area contributed by atoms with Gasteiger partial charge in [0.15, 0.2) is 0 Å². The fourth-order valence-electron chi connectivity index (χ4n) is 5.51. The van der Waals surface area contributed by atoms with Gasteiger partial charge in [-0.15, -0.1) is 0 Å². The van der Waals surface area contributed by atoms with Gasteiger partial charge in [0.1, 0.15) is 11.2 Å². The number of furan rings is 1. The number of fused-ring (bicyclic) bond motifs is 5. The zero-order valence-electron chi connectivity index (χ0n) is 30.6. The first kappa shape index (κ1) is 18.3. The van der Waals surface area contributed by atoms with Crippen molar-refractivity contribution in [2.75, 3.05) is 4.90 Å². The Hall–Kier alpha value is -5.31. The van der Waals surface area contributed by atoms with Gasteiger partial charge in [0, 0.05) is 32.9 Å². The summed E-state index contributed by atoms with van der Waals surface area (Å²) in [6.07, 6.45) is 0. The Bertz CT molecular complexity index is 2660. The first-order valence-corrected chi connectivity index (χ1v) is 14.1. The normalized spacial score (nSPS) is 14.0. The summed E-state index contributed by atoms with van der Waals surface area (Å²) in [5, 5.41) is 0.0176. The van der Waals surface area contributed by atoms with E-state index in [9.17, 15) is 1.37 Å². The predicted molar refractivity (Wildman–Crippen MR) is 182 cm³/mol. The van der Waals surface area contributed by atoms with Gasteiger partial charge in [0.25, 0.3) is 0 Å². The maximum Gasteiger partial charge on any atom is 0.143 e. The van der Waals surface area contributed by atoms with E-state index in [2.05, 4.69) is 36.4 Å². The monoisotopic (exact) mass is 579 g/mol. The molecule has 0 saturated carbocycles. The minimum Gasteiger partial charge on any atom is -0.455 e. The molecule has 0 fully saturated rings. The van der Waals surface area contributed by atoms with E-state index in [0.717, 1.165) is 22.3 Å². The van der Waals surface area contributed by atoms with Crippen LogP contribution >= 0.6 is 11.6 Å². The molecule has 7 aromatic carbocycles. The third-order valence-electron chi connectivity index (χ3n) is 7.56. The molecule has 0 spiro atoms. The topological polar surface area (TPSA) is 16.4 Å². The average Bonchev–Trinajstić information content (AvgIpc) is 3.58. The third kappa shape index (κ3) is 4.44. The molecule has 1 aromatic heterocycles. The largest absolute Gasteiger partial charge is 0.455 e.